The monoisotopic (exact) mass is 163 g/mol. The molecule has 64 valence electrons. The molecule has 0 heterocycles. The Labute approximate surface area is 62.5 Å². The van der Waals surface area contributed by atoms with Crippen molar-refractivity contribution >= 4 is 11.9 Å². The minimum atomic E-state index is -1.83. The summed E-state index contributed by atoms with van der Waals surface area (Å²) in [5.41, 5.74) is 0. The van der Waals surface area contributed by atoms with Gasteiger partial charge in [-0.15, -0.1) is 0 Å². The fourth-order valence-corrected chi connectivity index (χ4v) is 0.379. The molecule has 0 aromatic rings. The normalized spacial score (nSPS) is 15.5. The Bertz CT molecular complexity index is 150. The van der Waals surface area contributed by atoms with Crippen LogP contribution in [0.4, 0.5) is 0 Å². The maximum absolute atomic E-state index is 10.1. The maximum atomic E-state index is 10.1. The number of carbonyl (C=O) groups is 2. The highest BCUT2D eigenvalue weighted by molar-refractivity contribution is 5.75. The van der Waals surface area contributed by atoms with Gasteiger partial charge >= 0.3 is 11.9 Å². The molecule has 0 amide bonds. The molecule has 0 saturated carbocycles. The Hall–Kier alpha value is -1.14. The van der Waals surface area contributed by atoms with Gasteiger partial charge in [0.2, 0.25) is 6.23 Å². The van der Waals surface area contributed by atoms with E-state index >= 15 is 0 Å². The molecule has 2 atom stereocenters. The van der Waals surface area contributed by atoms with Gasteiger partial charge in [0.15, 0.2) is 0 Å². The molecule has 0 fully saturated rings. The third kappa shape index (κ3) is 3.54. The van der Waals surface area contributed by atoms with Crippen LogP contribution in [0.5, 0.6) is 0 Å². The molecule has 2 unspecified atom stereocenters. The second-order valence-corrected chi connectivity index (χ2v) is 1.97. The second-order valence-electron chi connectivity index (χ2n) is 1.97. The highest BCUT2D eigenvalue weighted by atomic mass is 16.4. The molecule has 6 nitrogen and oxygen atoms in total. The number of aliphatic hydroxyl groups is 1. The lowest BCUT2D eigenvalue weighted by molar-refractivity contribution is -0.150. The van der Waals surface area contributed by atoms with Crippen LogP contribution < -0.4 is 5.32 Å². The smallest absolute Gasteiger partial charge is 0.347 e. The van der Waals surface area contributed by atoms with E-state index in [0.29, 0.717) is 0 Å². The average Bonchev–Trinajstić information content (AvgIpc) is 1.87. The van der Waals surface area contributed by atoms with Crippen molar-refractivity contribution in [2.24, 2.45) is 0 Å². The van der Waals surface area contributed by atoms with Gasteiger partial charge in [0.05, 0.1) is 0 Å². The number of hydrogen-bond acceptors (Lipinski definition) is 4. The fourth-order valence-electron chi connectivity index (χ4n) is 0.379. The minimum Gasteiger partial charge on any atom is -0.480 e. The largest absolute Gasteiger partial charge is 0.480 e. The molecule has 0 rings (SSSR count). The van der Waals surface area contributed by atoms with Crippen molar-refractivity contribution in [3.05, 3.63) is 0 Å². The second kappa shape index (κ2) is 3.89. The number of carboxylic acids is 2. The van der Waals surface area contributed by atoms with Gasteiger partial charge < -0.3 is 15.3 Å². The van der Waals surface area contributed by atoms with Gasteiger partial charge in [-0.1, -0.05) is 0 Å². The van der Waals surface area contributed by atoms with E-state index in [1.807, 2.05) is 5.32 Å². The van der Waals surface area contributed by atoms with Crippen LogP contribution in [0.3, 0.4) is 0 Å². The summed E-state index contributed by atoms with van der Waals surface area (Å²) in [6, 6.07) is -1.08. The molecule has 0 aliphatic rings. The fraction of sp³-hybridized carbons (Fsp3) is 0.600. The van der Waals surface area contributed by atoms with Gasteiger partial charge in [-0.2, -0.15) is 0 Å². The summed E-state index contributed by atoms with van der Waals surface area (Å²) in [6.07, 6.45) is -1.83. The lowest BCUT2D eigenvalue weighted by Gasteiger charge is -2.11. The zero-order valence-electron chi connectivity index (χ0n) is 5.81. The molecule has 0 radical (unpaired) electrons. The van der Waals surface area contributed by atoms with Crippen LogP contribution in [0.25, 0.3) is 0 Å². The third-order valence-electron chi connectivity index (χ3n) is 1.01. The van der Waals surface area contributed by atoms with Gasteiger partial charge in [0.1, 0.15) is 6.04 Å². The molecule has 11 heavy (non-hydrogen) atoms. The van der Waals surface area contributed by atoms with E-state index in [4.69, 9.17) is 15.3 Å². The number of carboxylic acid groups (broad SMARTS) is 2. The SMILES string of the molecule is CC(NC(O)C(=O)O)C(=O)O. The number of aliphatic carboxylic acids is 2. The molecule has 0 aliphatic carbocycles. The first-order valence-corrected chi connectivity index (χ1v) is 2.85. The van der Waals surface area contributed by atoms with Crippen molar-refractivity contribution in [3.8, 4) is 0 Å². The van der Waals surface area contributed by atoms with Gasteiger partial charge in [-0.25, -0.2) is 4.79 Å². The summed E-state index contributed by atoms with van der Waals surface area (Å²) in [7, 11) is 0. The van der Waals surface area contributed by atoms with E-state index in [2.05, 4.69) is 0 Å². The van der Waals surface area contributed by atoms with Gasteiger partial charge in [0, 0.05) is 0 Å². The van der Waals surface area contributed by atoms with Crippen LogP contribution in [0.15, 0.2) is 0 Å². The van der Waals surface area contributed by atoms with Crippen LogP contribution in [-0.2, 0) is 9.59 Å². The topological polar surface area (TPSA) is 107 Å². The molecular formula is C5H9NO5. The molecular weight excluding hydrogens is 154 g/mol. The average molecular weight is 163 g/mol. The summed E-state index contributed by atoms with van der Waals surface area (Å²) in [5.74, 6) is -2.72. The minimum absolute atomic E-state index is 1.08. The van der Waals surface area contributed by atoms with Gasteiger partial charge in [0.25, 0.3) is 0 Å². The maximum Gasteiger partial charge on any atom is 0.347 e. The molecule has 0 aromatic heterocycles. The lowest BCUT2D eigenvalue weighted by Crippen LogP contribution is -2.45. The Morgan fingerprint density at radius 1 is 1.27 bits per heavy atom. The lowest BCUT2D eigenvalue weighted by atomic mass is 10.3. The molecule has 0 saturated heterocycles. The van der Waals surface area contributed by atoms with Gasteiger partial charge in [-0.05, 0) is 6.92 Å². The predicted octanol–water partition coefficient (Wildman–Crippen LogP) is -1.55. The summed E-state index contributed by atoms with van der Waals surface area (Å²) >= 11 is 0. The van der Waals surface area contributed by atoms with Crippen molar-refractivity contribution in [1.29, 1.82) is 0 Å². The number of rotatable bonds is 4. The first-order chi connectivity index (χ1) is 4.95. The highest BCUT2D eigenvalue weighted by Gasteiger charge is 2.19. The van der Waals surface area contributed by atoms with Crippen LogP contribution in [-0.4, -0.2) is 39.5 Å². The summed E-state index contributed by atoms with van der Waals surface area (Å²) in [6.45, 7) is 1.23. The summed E-state index contributed by atoms with van der Waals surface area (Å²) in [5, 5.41) is 26.9. The van der Waals surface area contributed by atoms with Crippen LogP contribution in [0.1, 0.15) is 6.92 Å². The van der Waals surface area contributed by atoms with E-state index in [0.717, 1.165) is 0 Å². The zero-order valence-corrected chi connectivity index (χ0v) is 5.81. The van der Waals surface area contributed by atoms with Crippen LogP contribution >= 0.6 is 0 Å². The first kappa shape index (κ1) is 9.86. The van der Waals surface area contributed by atoms with Crippen molar-refractivity contribution in [1.82, 2.24) is 5.32 Å². The summed E-state index contributed by atoms with van der Waals surface area (Å²) in [4.78, 5) is 20.0. The Kier molecular flexibility index (Phi) is 3.49. The Morgan fingerprint density at radius 3 is 2.00 bits per heavy atom. The standard InChI is InChI=1S/C5H9NO5/c1-2(4(8)9)6-3(7)5(10)11/h2-3,6-7H,1H3,(H,8,9)(H,10,11). The molecule has 0 aromatic carbocycles. The first-order valence-electron chi connectivity index (χ1n) is 2.85. The molecule has 4 N–H and O–H groups in total. The number of nitrogens with one attached hydrogen (secondary N) is 1. The Morgan fingerprint density at radius 2 is 1.73 bits per heavy atom. The van der Waals surface area contributed by atoms with Crippen LogP contribution in [0, 0.1) is 0 Å². The quantitative estimate of drug-likeness (QED) is 0.374. The van der Waals surface area contributed by atoms with E-state index in [9.17, 15) is 9.59 Å². The molecule has 6 heteroatoms. The predicted molar refractivity (Wildman–Crippen MR) is 33.9 cm³/mol. The third-order valence-corrected chi connectivity index (χ3v) is 1.01. The van der Waals surface area contributed by atoms with Gasteiger partial charge in [-0.3, -0.25) is 10.1 Å². The molecule has 0 bridgehead atoms. The van der Waals surface area contributed by atoms with Crippen molar-refractivity contribution in [3.63, 3.8) is 0 Å². The van der Waals surface area contributed by atoms with Crippen molar-refractivity contribution in [2.45, 2.75) is 19.2 Å². The number of hydrogen-bond donors (Lipinski definition) is 4. The zero-order chi connectivity index (χ0) is 9.02. The van der Waals surface area contributed by atoms with Crippen molar-refractivity contribution < 1.29 is 24.9 Å². The van der Waals surface area contributed by atoms with Crippen molar-refractivity contribution in [2.75, 3.05) is 0 Å². The number of aliphatic hydroxyl groups excluding tert-OH is 1. The van der Waals surface area contributed by atoms with Crippen LogP contribution in [0.2, 0.25) is 0 Å². The summed E-state index contributed by atoms with van der Waals surface area (Å²) < 4.78 is 0. The Balaban J connectivity index is 3.84. The van der Waals surface area contributed by atoms with E-state index < -0.39 is 24.2 Å². The molecule has 0 spiro atoms. The molecule has 0 aliphatic heterocycles. The van der Waals surface area contributed by atoms with E-state index in [1.165, 1.54) is 6.92 Å². The van der Waals surface area contributed by atoms with E-state index in [-0.39, 0.29) is 0 Å². The highest BCUT2D eigenvalue weighted by Crippen LogP contribution is 1.84. The van der Waals surface area contributed by atoms with E-state index in [1.54, 1.807) is 0 Å².